The Labute approximate surface area is 93.0 Å². The quantitative estimate of drug-likeness (QED) is 0.679. The van der Waals surface area contributed by atoms with Gasteiger partial charge in [-0.15, -0.1) is 0 Å². The minimum atomic E-state index is -0.00967. The van der Waals surface area contributed by atoms with Crippen LogP contribution in [-0.4, -0.2) is 18.1 Å². The molecule has 0 heterocycles. The zero-order chi connectivity index (χ0) is 11.3. The summed E-state index contributed by atoms with van der Waals surface area (Å²) in [6.45, 7) is 6.26. The van der Waals surface area contributed by atoms with E-state index in [1.165, 1.54) is 19.3 Å². The van der Waals surface area contributed by atoms with Gasteiger partial charge >= 0.3 is 6.03 Å². The minimum Gasteiger partial charge on any atom is -0.336 e. The van der Waals surface area contributed by atoms with Crippen molar-refractivity contribution in [2.75, 3.05) is 0 Å². The summed E-state index contributed by atoms with van der Waals surface area (Å²) in [4.78, 5) is 11.5. The first kappa shape index (κ1) is 12.3. The second-order valence-corrected chi connectivity index (χ2v) is 5.08. The van der Waals surface area contributed by atoms with Gasteiger partial charge in [-0.1, -0.05) is 19.8 Å². The van der Waals surface area contributed by atoms with Gasteiger partial charge < -0.3 is 10.6 Å². The largest absolute Gasteiger partial charge is 0.336 e. The number of nitrogens with one attached hydrogen (secondary N) is 2. The highest BCUT2D eigenvalue weighted by Crippen LogP contribution is 2.22. The lowest BCUT2D eigenvalue weighted by atomic mass is 10.0. The summed E-state index contributed by atoms with van der Waals surface area (Å²) < 4.78 is 0. The highest BCUT2D eigenvalue weighted by Gasteiger charge is 2.17. The molecular weight excluding hydrogens is 188 g/mol. The Morgan fingerprint density at radius 2 is 1.93 bits per heavy atom. The van der Waals surface area contributed by atoms with Crippen LogP contribution in [0.5, 0.6) is 0 Å². The van der Waals surface area contributed by atoms with E-state index in [0.717, 1.165) is 18.8 Å². The van der Waals surface area contributed by atoms with E-state index >= 15 is 0 Å². The van der Waals surface area contributed by atoms with Crippen LogP contribution < -0.4 is 10.6 Å². The molecule has 1 fully saturated rings. The molecule has 88 valence electrons. The Morgan fingerprint density at radius 1 is 1.20 bits per heavy atom. The molecule has 1 aliphatic rings. The van der Waals surface area contributed by atoms with Crippen molar-refractivity contribution in [1.29, 1.82) is 0 Å². The third-order valence-electron chi connectivity index (χ3n) is 3.01. The highest BCUT2D eigenvalue weighted by atomic mass is 16.2. The van der Waals surface area contributed by atoms with E-state index in [9.17, 15) is 4.79 Å². The average Bonchev–Trinajstić information content (AvgIpc) is 2.29. The molecule has 0 radical (unpaired) electrons. The Bertz CT molecular complexity index is 204. The van der Waals surface area contributed by atoms with Gasteiger partial charge in [0, 0.05) is 12.1 Å². The fourth-order valence-corrected chi connectivity index (χ4v) is 2.12. The first-order valence-corrected chi connectivity index (χ1v) is 6.15. The van der Waals surface area contributed by atoms with Crippen LogP contribution in [0.25, 0.3) is 0 Å². The highest BCUT2D eigenvalue weighted by molar-refractivity contribution is 5.74. The molecule has 2 N–H and O–H groups in total. The molecule has 0 spiro atoms. The van der Waals surface area contributed by atoms with E-state index < -0.39 is 0 Å². The van der Waals surface area contributed by atoms with Crippen LogP contribution in [0.1, 0.15) is 52.9 Å². The lowest BCUT2D eigenvalue weighted by Crippen LogP contribution is -2.44. The molecule has 0 aromatic rings. The van der Waals surface area contributed by atoms with Gasteiger partial charge in [-0.3, -0.25) is 0 Å². The molecule has 2 atom stereocenters. The van der Waals surface area contributed by atoms with Crippen LogP contribution in [-0.2, 0) is 0 Å². The molecule has 0 aromatic carbocycles. The summed E-state index contributed by atoms with van der Waals surface area (Å²) in [6, 6.07) is 0.591. The van der Waals surface area contributed by atoms with Gasteiger partial charge in [-0.05, 0) is 39.0 Å². The van der Waals surface area contributed by atoms with Gasteiger partial charge in [0.25, 0.3) is 0 Å². The van der Waals surface area contributed by atoms with Gasteiger partial charge in [0.05, 0.1) is 0 Å². The Kier molecular flexibility index (Phi) is 4.92. The zero-order valence-corrected chi connectivity index (χ0v) is 10.2. The van der Waals surface area contributed by atoms with E-state index in [0.29, 0.717) is 6.04 Å². The average molecular weight is 212 g/mol. The Morgan fingerprint density at radius 3 is 2.60 bits per heavy atom. The van der Waals surface area contributed by atoms with Crippen LogP contribution in [0.3, 0.4) is 0 Å². The summed E-state index contributed by atoms with van der Waals surface area (Å²) in [6.07, 6.45) is 6.06. The second-order valence-electron chi connectivity index (χ2n) is 5.08. The van der Waals surface area contributed by atoms with Crippen molar-refractivity contribution in [3.05, 3.63) is 0 Å². The maximum absolute atomic E-state index is 11.5. The first-order chi connectivity index (χ1) is 7.08. The molecule has 2 unspecified atom stereocenters. The Balaban J connectivity index is 2.28. The molecule has 3 nitrogen and oxygen atoms in total. The van der Waals surface area contributed by atoms with Crippen molar-refractivity contribution >= 4 is 6.03 Å². The molecule has 1 saturated carbocycles. The minimum absolute atomic E-state index is 0.00967. The molecule has 0 bridgehead atoms. The first-order valence-electron chi connectivity index (χ1n) is 6.15. The number of carbonyl (C=O) groups excluding carboxylic acids is 1. The van der Waals surface area contributed by atoms with Crippen molar-refractivity contribution < 1.29 is 4.79 Å². The van der Waals surface area contributed by atoms with Gasteiger partial charge in [-0.25, -0.2) is 4.79 Å². The van der Waals surface area contributed by atoms with E-state index in [-0.39, 0.29) is 12.1 Å². The molecular formula is C12H24N2O. The van der Waals surface area contributed by atoms with Crippen LogP contribution in [0.2, 0.25) is 0 Å². The number of urea groups is 1. The fraction of sp³-hybridized carbons (Fsp3) is 0.917. The second kappa shape index (κ2) is 5.99. The third kappa shape index (κ3) is 5.05. The molecule has 0 saturated heterocycles. The molecule has 1 aliphatic carbocycles. The third-order valence-corrected chi connectivity index (χ3v) is 3.01. The van der Waals surface area contributed by atoms with Crippen LogP contribution in [0, 0.1) is 5.92 Å². The number of hydrogen-bond donors (Lipinski definition) is 2. The van der Waals surface area contributed by atoms with E-state index in [1.54, 1.807) is 0 Å². The standard InChI is InChI=1S/C12H24N2O/c1-9(2)13-12(15)14-11-6-4-5-10(3)7-8-11/h9-11H,4-8H2,1-3H3,(H2,13,14,15). The van der Waals surface area contributed by atoms with Crippen molar-refractivity contribution in [1.82, 2.24) is 10.6 Å². The van der Waals surface area contributed by atoms with Gasteiger partial charge in [0.1, 0.15) is 0 Å². The molecule has 3 heteroatoms. The Hall–Kier alpha value is -0.730. The van der Waals surface area contributed by atoms with Crippen molar-refractivity contribution in [3.63, 3.8) is 0 Å². The van der Waals surface area contributed by atoms with Crippen molar-refractivity contribution in [2.45, 2.75) is 65.0 Å². The molecule has 15 heavy (non-hydrogen) atoms. The van der Waals surface area contributed by atoms with Gasteiger partial charge in [0.2, 0.25) is 0 Å². The van der Waals surface area contributed by atoms with Gasteiger partial charge in [-0.2, -0.15) is 0 Å². The zero-order valence-electron chi connectivity index (χ0n) is 10.2. The van der Waals surface area contributed by atoms with E-state index in [4.69, 9.17) is 0 Å². The molecule has 0 aromatic heterocycles. The maximum atomic E-state index is 11.5. The molecule has 0 aliphatic heterocycles. The van der Waals surface area contributed by atoms with Crippen LogP contribution in [0.15, 0.2) is 0 Å². The summed E-state index contributed by atoms with van der Waals surface area (Å²) in [5.74, 6) is 0.824. The van der Waals surface area contributed by atoms with Crippen molar-refractivity contribution in [3.8, 4) is 0 Å². The lowest BCUT2D eigenvalue weighted by molar-refractivity contribution is 0.233. The maximum Gasteiger partial charge on any atom is 0.315 e. The predicted molar refractivity (Wildman–Crippen MR) is 62.8 cm³/mol. The smallest absolute Gasteiger partial charge is 0.315 e. The monoisotopic (exact) mass is 212 g/mol. The number of rotatable bonds is 2. The predicted octanol–water partition coefficient (Wildman–Crippen LogP) is 2.66. The van der Waals surface area contributed by atoms with Crippen LogP contribution >= 0.6 is 0 Å². The van der Waals surface area contributed by atoms with Crippen molar-refractivity contribution in [2.24, 2.45) is 5.92 Å². The lowest BCUT2D eigenvalue weighted by Gasteiger charge is -2.18. The SMILES string of the molecule is CC1CCCC(NC(=O)NC(C)C)CC1. The fourth-order valence-electron chi connectivity index (χ4n) is 2.12. The normalized spacial score (nSPS) is 27.2. The number of hydrogen-bond acceptors (Lipinski definition) is 1. The molecule has 1 rings (SSSR count). The summed E-state index contributed by atoms with van der Waals surface area (Å²) >= 11 is 0. The van der Waals surface area contributed by atoms with Crippen LogP contribution in [0.4, 0.5) is 4.79 Å². The number of amides is 2. The van der Waals surface area contributed by atoms with E-state index in [1.807, 2.05) is 13.8 Å². The summed E-state index contributed by atoms with van der Waals surface area (Å²) in [7, 11) is 0. The summed E-state index contributed by atoms with van der Waals surface area (Å²) in [5.41, 5.74) is 0. The topological polar surface area (TPSA) is 41.1 Å². The molecule has 2 amide bonds. The number of carbonyl (C=O) groups is 1. The van der Waals surface area contributed by atoms with E-state index in [2.05, 4.69) is 17.6 Å². The summed E-state index contributed by atoms with van der Waals surface area (Å²) in [5, 5.41) is 5.93. The van der Waals surface area contributed by atoms with Gasteiger partial charge in [0.15, 0.2) is 0 Å².